The number of benzene rings is 1. The third kappa shape index (κ3) is 5.67. The number of methoxy groups -OCH3 is 2. The van der Waals surface area contributed by atoms with E-state index < -0.39 is 0 Å². The molecule has 0 fully saturated rings. The van der Waals surface area contributed by atoms with E-state index in [0.717, 1.165) is 5.56 Å². The van der Waals surface area contributed by atoms with Gasteiger partial charge < -0.3 is 19.4 Å². The number of hydrogen-bond acceptors (Lipinski definition) is 4. The van der Waals surface area contributed by atoms with Crippen LogP contribution < -0.4 is 20.3 Å². The SMILES string of the molecule is COc1ccc(OC)c(/C=C/C(=O)NCCCn2cc(Cl)ccc2=O)c1. The van der Waals surface area contributed by atoms with Gasteiger partial charge in [-0.1, -0.05) is 11.6 Å². The first kappa shape index (κ1) is 19.6. The molecule has 7 heteroatoms. The van der Waals surface area contributed by atoms with Gasteiger partial charge in [0.15, 0.2) is 0 Å². The van der Waals surface area contributed by atoms with Gasteiger partial charge in [0, 0.05) is 37.0 Å². The summed E-state index contributed by atoms with van der Waals surface area (Å²) in [5.41, 5.74) is 0.623. The Hall–Kier alpha value is -2.73. The lowest BCUT2D eigenvalue weighted by Crippen LogP contribution is -2.25. The van der Waals surface area contributed by atoms with Crippen LogP contribution in [0.1, 0.15) is 12.0 Å². The highest BCUT2D eigenvalue weighted by Gasteiger charge is 2.03. The van der Waals surface area contributed by atoms with Crippen LogP contribution in [0.25, 0.3) is 6.08 Å². The van der Waals surface area contributed by atoms with Gasteiger partial charge >= 0.3 is 0 Å². The van der Waals surface area contributed by atoms with Gasteiger partial charge in [0.25, 0.3) is 5.56 Å². The summed E-state index contributed by atoms with van der Waals surface area (Å²) in [4.78, 5) is 23.6. The van der Waals surface area contributed by atoms with E-state index in [4.69, 9.17) is 21.1 Å². The monoisotopic (exact) mass is 376 g/mol. The number of halogens is 1. The summed E-state index contributed by atoms with van der Waals surface area (Å²) in [6.45, 7) is 0.921. The number of amides is 1. The summed E-state index contributed by atoms with van der Waals surface area (Å²) in [5.74, 6) is 1.10. The molecule has 2 aromatic rings. The van der Waals surface area contributed by atoms with Crippen LogP contribution in [-0.2, 0) is 11.3 Å². The zero-order chi connectivity index (χ0) is 18.9. The van der Waals surface area contributed by atoms with Crippen molar-refractivity contribution in [1.29, 1.82) is 0 Å². The van der Waals surface area contributed by atoms with Crippen molar-refractivity contribution in [3.8, 4) is 11.5 Å². The fraction of sp³-hybridized carbons (Fsp3) is 0.263. The van der Waals surface area contributed by atoms with Crippen LogP contribution in [0.15, 0.2) is 47.4 Å². The Morgan fingerprint density at radius 1 is 1.23 bits per heavy atom. The molecule has 1 amide bonds. The Balaban J connectivity index is 1.86. The molecule has 0 bridgehead atoms. The minimum atomic E-state index is -0.228. The number of rotatable bonds is 8. The van der Waals surface area contributed by atoms with E-state index in [-0.39, 0.29) is 11.5 Å². The largest absolute Gasteiger partial charge is 0.497 e. The number of ether oxygens (including phenoxy) is 2. The predicted molar refractivity (Wildman–Crippen MR) is 102 cm³/mol. The summed E-state index contributed by atoms with van der Waals surface area (Å²) in [6, 6.07) is 8.33. The molecule has 1 aromatic carbocycles. The van der Waals surface area contributed by atoms with Crippen LogP contribution in [0.5, 0.6) is 11.5 Å². The van der Waals surface area contributed by atoms with E-state index in [0.29, 0.717) is 36.0 Å². The predicted octanol–water partition coefficient (Wildman–Crippen LogP) is 2.74. The molecular formula is C19H21ClN2O4. The molecule has 0 radical (unpaired) electrons. The van der Waals surface area contributed by atoms with Gasteiger partial charge in [-0.25, -0.2) is 0 Å². The summed E-state index contributed by atoms with van der Waals surface area (Å²) < 4.78 is 12.0. The third-order valence-electron chi connectivity index (χ3n) is 3.67. The maximum atomic E-state index is 11.9. The van der Waals surface area contributed by atoms with E-state index in [1.807, 2.05) is 0 Å². The van der Waals surface area contributed by atoms with Crippen LogP contribution >= 0.6 is 11.6 Å². The molecule has 0 atom stereocenters. The number of pyridine rings is 1. The molecule has 1 N–H and O–H groups in total. The molecule has 0 saturated carbocycles. The van der Waals surface area contributed by atoms with Gasteiger partial charge in [-0.15, -0.1) is 0 Å². The Labute approximate surface area is 157 Å². The molecule has 1 aromatic heterocycles. The molecular weight excluding hydrogens is 356 g/mol. The van der Waals surface area contributed by atoms with Crippen LogP contribution in [-0.4, -0.2) is 31.2 Å². The minimum absolute atomic E-state index is 0.120. The summed E-state index contributed by atoms with van der Waals surface area (Å²) in [6.07, 6.45) is 5.30. The summed E-state index contributed by atoms with van der Waals surface area (Å²) in [7, 11) is 3.14. The maximum absolute atomic E-state index is 11.9. The molecule has 0 aliphatic carbocycles. The fourth-order valence-electron chi connectivity index (χ4n) is 2.33. The zero-order valence-electron chi connectivity index (χ0n) is 14.7. The Bertz CT molecular complexity index is 846. The summed E-state index contributed by atoms with van der Waals surface area (Å²) >= 11 is 5.87. The maximum Gasteiger partial charge on any atom is 0.250 e. The van der Waals surface area contributed by atoms with Gasteiger partial charge in [0.2, 0.25) is 5.91 Å². The standard InChI is InChI=1S/C19H21ClN2O4/c1-25-16-6-7-17(26-2)14(12-16)4-8-18(23)21-10-3-11-22-13-15(20)5-9-19(22)24/h4-9,12-13H,3,10-11H2,1-2H3,(H,21,23)/b8-4+. The average molecular weight is 377 g/mol. The quantitative estimate of drug-likeness (QED) is 0.568. The number of hydrogen-bond donors (Lipinski definition) is 1. The van der Waals surface area contributed by atoms with Crippen molar-refractivity contribution < 1.29 is 14.3 Å². The van der Waals surface area contributed by atoms with Gasteiger partial charge in [-0.05, 0) is 36.8 Å². The molecule has 0 spiro atoms. The third-order valence-corrected chi connectivity index (χ3v) is 3.90. The lowest BCUT2D eigenvalue weighted by molar-refractivity contribution is -0.116. The molecule has 0 aliphatic heterocycles. The Morgan fingerprint density at radius 2 is 2.04 bits per heavy atom. The first-order chi connectivity index (χ1) is 12.5. The number of aryl methyl sites for hydroxylation is 1. The molecule has 138 valence electrons. The number of carbonyl (C=O) groups is 1. The number of nitrogens with one attached hydrogen (secondary N) is 1. The summed E-state index contributed by atoms with van der Waals surface area (Å²) in [5, 5.41) is 3.28. The van der Waals surface area contributed by atoms with Crippen molar-refractivity contribution >= 4 is 23.6 Å². The molecule has 2 rings (SSSR count). The second-order valence-corrected chi connectivity index (χ2v) is 5.90. The number of aromatic nitrogens is 1. The van der Waals surface area contributed by atoms with Crippen LogP contribution in [0.3, 0.4) is 0 Å². The van der Waals surface area contributed by atoms with Crippen molar-refractivity contribution in [3.05, 3.63) is 63.5 Å². The van der Waals surface area contributed by atoms with Crippen molar-refractivity contribution in [2.75, 3.05) is 20.8 Å². The smallest absolute Gasteiger partial charge is 0.250 e. The molecule has 0 aliphatic rings. The van der Waals surface area contributed by atoms with Crippen LogP contribution in [0.2, 0.25) is 5.02 Å². The van der Waals surface area contributed by atoms with E-state index in [2.05, 4.69) is 5.32 Å². The lowest BCUT2D eigenvalue weighted by Gasteiger charge is -2.08. The van der Waals surface area contributed by atoms with Crippen molar-refractivity contribution in [2.24, 2.45) is 0 Å². The number of carbonyl (C=O) groups excluding carboxylic acids is 1. The van der Waals surface area contributed by atoms with Gasteiger partial charge in [0.05, 0.1) is 19.2 Å². The highest BCUT2D eigenvalue weighted by Crippen LogP contribution is 2.24. The number of nitrogens with zero attached hydrogens (tertiary/aromatic N) is 1. The van der Waals surface area contributed by atoms with E-state index in [1.54, 1.807) is 50.8 Å². The molecule has 0 unspecified atom stereocenters. The molecule has 1 heterocycles. The van der Waals surface area contributed by atoms with Gasteiger partial charge in [-0.3, -0.25) is 9.59 Å². The van der Waals surface area contributed by atoms with Crippen molar-refractivity contribution in [2.45, 2.75) is 13.0 Å². The topological polar surface area (TPSA) is 69.6 Å². The van der Waals surface area contributed by atoms with E-state index in [9.17, 15) is 9.59 Å². The average Bonchev–Trinajstić information content (AvgIpc) is 2.65. The first-order valence-electron chi connectivity index (χ1n) is 8.07. The molecule has 6 nitrogen and oxygen atoms in total. The van der Waals surface area contributed by atoms with E-state index >= 15 is 0 Å². The van der Waals surface area contributed by atoms with Crippen LogP contribution in [0.4, 0.5) is 0 Å². The normalized spacial score (nSPS) is 10.7. The second kappa shape index (κ2) is 9.68. The van der Waals surface area contributed by atoms with Crippen LogP contribution in [0, 0.1) is 0 Å². The minimum Gasteiger partial charge on any atom is -0.497 e. The Kier molecular flexibility index (Phi) is 7.29. The molecule has 26 heavy (non-hydrogen) atoms. The van der Waals surface area contributed by atoms with Gasteiger partial charge in [-0.2, -0.15) is 0 Å². The zero-order valence-corrected chi connectivity index (χ0v) is 15.5. The first-order valence-corrected chi connectivity index (χ1v) is 8.45. The van der Waals surface area contributed by atoms with Crippen molar-refractivity contribution in [3.63, 3.8) is 0 Å². The highest BCUT2D eigenvalue weighted by atomic mass is 35.5. The van der Waals surface area contributed by atoms with Gasteiger partial charge in [0.1, 0.15) is 11.5 Å². The fourth-order valence-corrected chi connectivity index (χ4v) is 2.51. The van der Waals surface area contributed by atoms with Crippen molar-refractivity contribution in [1.82, 2.24) is 9.88 Å². The lowest BCUT2D eigenvalue weighted by atomic mass is 10.1. The second-order valence-electron chi connectivity index (χ2n) is 5.46. The van der Waals surface area contributed by atoms with E-state index in [1.165, 1.54) is 16.7 Å². The Morgan fingerprint density at radius 3 is 2.77 bits per heavy atom. The molecule has 0 saturated heterocycles. The highest BCUT2D eigenvalue weighted by molar-refractivity contribution is 6.30.